The first-order valence-corrected chi connectivity index (χ1v) is 5.66. The highest BCUT2D eigenvalue weighted by atomic mass is 32.1. The van der Waals surface area contributed by atoms with E-state index in [0.717, 1.165) is 17.0 Å². The number of aliphatic hydroxyl groups excluding tert-OH is 1. The Morgan fingerprint density at radius 3 is 2.87 bits per heavy atom. The van der Waals surface area contributed by atoms with E-state index in [0.29, 0.717) is 6.42 Å². The molecule has 0 aliphatic rings. The summed E-state index contributed by atoms with van der Waals surface area (Å²) in [5.41, 5.74) is 2.12. The predicted octanol–water partition coefficient (Wildman–Crippen LogP) is 1.46. The smallest absolute Gasteiger partial charge is 0.138 e. The number of aliphatic hydroxyl groups is 1. The summed E-state index contributed by atoms with van der Waals surface area (Å²) in [7, 11) is 1.83. The van der Waals surface area contributed by atoms with E-state index in [-0.39, 0.29) is 0 Å². The summed E-state index contributed by atoms with van der Waals surface area (Å²) in [4.78, 5) is 4.09. The van der Waals surface area contributed by atoms with Crippen molar-refractivity contribution in [2.45, 2.75) is 19.4 Å². The highest BCUT2D eigenvalue weighted by molar-refractivity contribution is 7.08. The van der Waals surface area contributed by atoms with Crippen LogP contribution in [0.3, 0.4) is 0 Å². The average molecular weight is 223 g/mol. The van der Waals surface area contributed by atoms with Crippen LogP contribution < -0.4 is 0 Å². The third-order valence-electron chi connectivity index (χ3n) is 2.44. The van der Waals surface area contributed by atoms with Crippen molar-refractivity contribution in [3.63, 3.8) is 0 Å². The number of hydrogen-bond acceptors (Lipinski definition) is 4. The minimum absolute atomic E-state index is 0.487. The molecule has 0 bridgehead atoms. The molecule has 0 aromatic carbocycles. The Labute approximate surface area is 92.2 Å². The summed E-state index contributed by atoms with van der Waals surface area (Å²) in [5, 5.41) is 18.0. The van der Waals surface area contributed by atoms with Gasteiger partial charge in [0.25, 0.3) is 0 Å². The first-order valence-electron chi connectivity index (χ1n) is 4.72. The molecule has 0 fully saturated rings. The number of aromatic nitrogens is 3. The number of nitrogens with zero attached hydrogens (tertiary/aromatic N) is 3. The molecule has 0 spiro atoms. The molecule has 4 nitrogen and oxygen atoms in total. The molecule has 0 amide bonds. The summed E-state index contributed by atoms with van der Waals surface area (Å²) < 4.78 is 1.69. The monoisotopic (exact) mass is 223 g/mol. The lowest BCUT2D eigenvalue weighted by molar-refractivity contribution is 0.174. The van der Waals surface area contributed by atoms with Crippen molar-refractivity contribution in [1.82, 2.24) is 14.8 Å². The van der Waals surface area contributed by atoms with E-state index >= 15 is 0 Å². The molecular weight excluding hydrogens is 210 g/mol. The Balaban J connectivity index is 2.14. The van der Waals surface area contributed by atoms with Gasteiger partial charge in [0.05, 0.1) is 6.10 Å². The van der Waals surface area contributed by atoms with Gasteiger partial charge in [0, 0.05) is 13.5 Å². The van der Waals surface area contributed by atoms with E-state index in [1.807, 2.05) is 24.7 Å². The van der Waals surface area contributed by atoms with Crippen LogP contribution in [0.1, 0.15) is 23.1 Å². The summed E-state index contributed by atoms with van der Waals surface area (Å²) in [5.74, 6) is 0.799. The van der Waals surface area contributed by atoms with Gasteiger partial charge in [0.15, 0.2) is 0 Å². The second-order valence-corrected chi connectivity index (χ2v) is 4.27. The maximum absolute atomic E-state index is 10.0. The molecule has 1 atom stereocenters. The standard InChI is InChI=1S/C10H13N3OS/c1-7-4-15-5-8(7)9(14)3-10-11-6-12-13(10)2/h4-6,9,14H,3H2,1-2H3. The van der Waals surface area contributed by atoms with Crippen LogP contribution in [-0.4, -0.2) is 19.9 Å². The average Bonchev–Trinajstić information content (AvgIpc) is 2.76. The van der Waals surface area contributed by atoms with E-state index in [9.17, 15) is 5.11 Å². The fourth-order valence-electron chi connectivity index (χ4n) is 1.50. The Bertz CT molecular complexity index is 449. The largest absolute Gasteiger partial charge is 0.388 e. The van der Waals surface area contributed by atoms with Gasteiger partial charge in [-0.05, 0) is 28.8 Å². The van der Waals surface area contributed by atoms with Gasteiger partial charge in [-0.3, -0.25) is 4.68 Å². The van der Waals surface area contributed by atoms with Crippen LogP contribution in [-0.2, 0) is 13.5 Å². The van der Waals surface area contributed by atoms with Crippen LogP contribution in [0.2, 0.25) is 0 Å². The second-order valence-electron chi connectivity index (χ2n) is 3.53. The molecule has 15 heavy (non-hydrogen) atoms. The van der Waals surface area contributed by atoms with E-state index in [1.54, 1.807) is 16.0 Å². The summed E-state index contributed by atoms with van der Waals surface area (Å²) in [6.45, 7) is 2.01. The maximum atomic E-state index is 10.0. The van der Waals surface area contributed by atoms with Crippen LogP contribution in [0, 0.1) is 6.92 Å². The van der Waals surface area contributed by atoms with Crippen LogP contribution in [0.15, 0.2) is 17.1 Å². The third-order valence-corrected chi connectivity index (χ3v) is 3.31. The van der Waals surface area contributed by atoms with Crippen LogP contribution in [0.25, 0.3) is 0 Å². The molecule has 2 rings (SSSR count). The highest BCUT2D eigenvalue weighted by Crippen LogP contribution is 2.23. The SMILES string of the molecule is Cc1cscc1C(O)Cc1ncnn1C. The Kier molecular flexibility index (Phi) is 2.83. The number of aryl methyl sites for hydroxylation is 2. The summed E-state index contributed by atoms with van der Waals surface area (Å²) in [6.07, 6.45) is 1.52. The summed E-state index contributed by atoms with van der Waals surface area (Å²) >= 11 is 1.61. The van der Waals surface area contributed by atoms with E-state index < -0.39 is 6.10 Å². The predicted molar refractivity (Wildman–Crippen MR) is 58.7 cm³/mol. The molecule has 2 aromatic heterocycles. The van der Waals surface area contributed by atoms with Gasteiger partial charge >= 0.3 is 0 Å². The summed E-state index contributed by atoms with van der Waals surface area (Å²) in [6, 6.07) is 0. The van der Waals surface area contributed by atoms with Crippen LogP contribution in [0.5, 0.6) is 0 Å². The van der Waals surface area contributed by atoms with Gasteiger partial charge in [0.2, 0.25) is 0 Å². The molecule has 80 valence electrons. The van der Waals surface area contributed by atoms with Crippen molar-refractivity contribution in [1.29, 1.82) is 0 Å². The van der Waals surface area contributed by atoms with Crippen molar-refractivity contribution in [3.05, 3.63) is 34.0 Å². The second kappa shape index (κ2) is 4.12. The lowest BCUT2D eigenvalue weighted by Gasteiger charge is -2.09. The van der Waals surface area contributed by atoms with E-state index in [2.05, 4.69) is 10.1 Å². The third kappa shape index (κ3) is 2.08. The molecule has 2 aromatic rings. The molecule has 0 saturated heterocycles. The van der Waals surface area contributed by atoms with Crippen LogP contribution >= 0.6 is 11.3 Å². The van der Waals surface area contributed by atoms with Crippen molar-refractivity contribution < 1.29 is 5.11 Å². The molecule has 0 aliphatic heterocycles. The Morgan fingerprint density at radius 1 is 1.53 bits per heavy atom. The van der Waals surface area contributed by atoms with Gasteiger partial charge < -0.3 is 5.11 Å². The van der Waals surface area contributed by atoms with Gasteiger partial charge in [-0.25, -0.2) is 4.98 Å². The first-order chi connectivity index (χ1) is 7.18. The minimum Gasteiger partial charge on any atom is -0.388 e. The van der Waals surface area contributed by atoms with Gasteiger partial charge in [0.1, 0.15) is 12.2 Å². The normalized spacial score (nSPS) is 13.0. The zero-order chi connectivity index (χ0) is 10.8. The van der Waals surface area contributed by atoms with Crippen molar-refractivity contribution in [2.24, 2.45) is 7.05 Å². The zero-order valence-electron chi connectivity index (χ0n) is 8.71. The molecule has 0 saturated carbocycles. The molecule has 5 heteroatoms. The molecule has 2 heterocycles. The van der Waals surface area contributed by atoms with E-state index in [4.69, 9.17) is 0 Å². The fourth-order valence-corrected chi connectivity index (χ4v) is 2.40. The molecule has 0 aliphatic carbocycles. The number of thiophene rings is 1. The fraction of sp³-hybridized carbons (Fsp3) is 0.400. The molecule has 0 radical (unpaired) electrons. The quantitative estimate of drug-likeness (QED) is 0.857. The molecular formula is C10H13N3OS. The maximum Gasteiger partial charge on any atom is 0.138 e. The first kappa shape index (κ1) is 10.3. The zero-order valence-corrected chi connectivity index (χ0v) is 9.53. The molecule has 1 unspecified atom stereocenters. The number of hydrogen-bond donors (Lipinski definition) is 1. The number of rotatable bonds is 3. The Hall–Kier alpha value is -1.20. The Morgan fingerprint density at radius 2 is 2.33 bits per heavy atom. The highest BCUT2D eigenvalue weighted by Gasteiger charge is 2.14. The van der Waals surface area contributed by atoms with Gasteiger partial charge in [-0.1, -0.05) is 0 Å². The van der Waals surface area contributed by atoms with Crippen molar-refractivity contribution >= 4 is 11.3 Å². The van der Waals surface area contributed by atoms with Gasteiger partial charge in [-0.15, -0.1) is 0 Å². The van der Waals surface area contributed by atoms with Crippen molar-refractivity contribution in [2.75, 3.05) is 0 Å². The van der Waals surface area contributed by atoms with Crippen molar-refractivity contribution in [3.8, 4) is 0 Å². The van der Waals surface area contributed by atoms with Crippen LogP contribution in [0.4, 0.5) is 0 Å². The lowest BCUT2D eigenvalue weighted by atomic mass is 10.1. The lowest BCUT2D eigenvalue weighted by Crippen LogP contribution is -2.07. The topological polar surface area (TPSA) is 50.9 Å². The minimum atomic E-state index is -0.487. The van der Waals surface area contributed by atoms with Gasteiger partial charge in [-0.2, -0.15) is 16.4 Å². The van der Waals surface area contributed by atoms with E-state index in [1.165, 1.54) is 6.33 Å². The molecule has 1 N–H and O–H groups in total.